The molecule has 1 aliphatic carbocycles. The van der Waals surface area contributed by atoms with E-state index in [1.165, 1.54) is 0 Å². The predicted molar refractivity (Wildman–Crippen MR) is 83.8 cm³/mol. The zero-order valence-electron chi connectivity index (χ0n) is 14.4. The summed E-state index contributed by atoms with van der Waals surface area (Å²) < 4.78 is 10.8. The minimum absolute atomic E-state index is 0.0538. The van der Waals surface area contributed by atoms with Gasteiger partial charge in [-0.15, -0.1) is 0 Å². The third-order valence-electron chi connectivity index (χ3n) is 4.61. The second-order valence-corrected chi connectivity index (χ2v) is 7.16. The maximum absolute atomic E-state index is 12.9. The molecule has 0 saturated heterocycles. The van der Waals surface area contributed by atoms with Gasteiger partial charge in [0.15, 0.2) is 5.78 Å². The first-order valence-corrected chi connectivity index (χ1v) is 7.99. The molecule has 22 heavy (non-hydrogen) atoms. The summed E-state index contributed by atoms with van der Waals surface area (Å²) in [6.45, 7) is 11.3. The van der Waals surface area contributed by atoms with Crippen LogP contribution in [0.2, 0.25) is 0 Å². The summed E-state index contributed by atoms with van der Waals surface area (Å²) in [6.07, 6.45) is 2.75. The van der Waals surface area contributed by atoms with E-state index >= 15 is 0 Å². The molecular weight excluding hydrogens is 280 g/mol. The van der Waals surface area contributed by atoms with E-state index in [0.29, 0.717) is 17.6 Å². The first-order chi connectivity index (χ1) is 10.1. The van der Waals surface area contributed by atoms with E-state index in [1.807, 2.05) is 6.92 Å². The number of cyclic esters (lactones) is 1. The third kappa shape index (κ3) is 3.26. The molecule has 0 aromatic heterocycles. The van der Waals surface area contributed by atoms with Crippen molar-refractivity contribution >= 4 is 11.8 Å². The van der Waals surface area contributed by atoms with Crippen molar-refractivity contribution in [1.82, 2.24) is 0 Å². The molecule has 1 aliphatic heterocycles. The normalized spacial score (nSPS) is 25.2. The largest absolute Gasteiger partial charge is 0.456 e. The summed E-state index contributed by atoms with van der Waals surface area (Å²) in [4.78, 5) is 25.1. The predicted octanol–water partition coefficient (Wildman–Crippen LogP) is 3.91. The van der Waals surface area contributed by atoms with Crippen molar-refractivity contribution in [3.8, 4) is 0 Å². The van der Waals surface area contributed by atoms with E-state index < -0.39 is 11.8 Å². The Kier molecular flexibility index (Phi) is 4.50. The molecule has 0 aromatic carbocycles. The minimum atomic E-state index is -1.01. The zero-order chi connectivity index (χ0) is 16.7. The van der Waals surface area contributed by atoms with Gasteiger partial charge >= 0.3 is 5.97 Å². The molecule has 1 unspecified atom stereocenters. The lowest BCUT2D eigenvalue weighted by Gasteiger charge is -2.33. The summed E-state index contributed by atoms with van der Waals surface area (Å²) in [7, 11) is 0. The van der Waals surface area contributed by atoms with E-state index in [1.54, 1.807) is 20.8 Å². The quantitative estimate of drug-likeness (QED) is 0.586. The molecule has 1 atom stereocenters. The standard InChI is InChI=1S/C18H26O4/c1-10(2)13-8-7-11(3)14(9-13)16(19)15-12(4)21-18(5,6)22-17(15)20/h10,13H,7-9H2,1-6H3. The zero-order valence-corrected chi connectivity index (χ0v) is 14.4. The molecule has 1 heterocycles. The Labute approximate surface area is 132 Å². The van der Waals surface area contributed by atoms with Crippen LogP contribution in [-0.4, -0.2) is 17.5 Å². The van der Waals surface area contributed by atoms with Crippen LogP contribution in [-0.2, 0) is 19.1 Å². The molecule has 2 rings (SSSR count). The van der Waals surface area contributed by atoms with Crippen LogP contribution < -0.4 is 0 Å². The van der Waals surface area contributed by atoms with Crippen LogP contribution in [0.1, 0.15) is 60.8 Å². The number of ether oxygens (including phenoxy) is 2. The van der Waals surface area contributed by atoms with Gasteiger partial charge < -0.3 is 9.47 Å². The molecule has 0 fully saturated rings. The average Bonchev–Trinajstić information content (AvgIpc) is 2.36. The Morgan fingerprint density at radius 3 is 2.41 bits per heavy atom. The molecule has 0 spiro atoms. The van der Waals surface area contributed by atoms with Gasteiger partial charge in [-0.3, -0.25) is 4.79 Å². The van der Waals surface area contributed by atoms with Gasteiger partial charge in [-0.05, 0) is 50.5 Å². The number of carbonyl (C=O) groups is 2. The van der Waals surface area contributed by atoms with Gasteiger partial charge in [0, 0.05) is 13.8 Å². The second-order valence-electron chi connectivity index (χ2n) is 7.16. The maximum atomic E-state index is 12.9. The van der Waals surface area contributed by atoms with Gasteiger partial charge in [0.25, 0.3) is 0 Å². The molecule has 4 heteroatoms. The molecule has 0 amide bonds. The third-order valence-corrected chi connectivity index (χ3v) is 4.61. The van der Waals surface area contributed by atoms with Crippen molar-refractivity contribution in [2.75, 3.05) is 0 Å². The number of hydrogen-bond donors (Lipinski definition) is 0. The molecular formula is C18H26O4. The number of Topliss-reactive ketones (excluding diaryl/α,β-unsaturated/α-hetero) is 1. The molecule has 122 valence electrons. The fraction of sp³-hybridized carbons (Fsp3) is 0.667. The van der Waals surface area contributed by atoms with Crippen LogP contribution in [0.4, 0.5) is 0 Å². The number of esters is 1. The molecule has 2 aliphatic rings. The number of hydrogen-bond acceptors (Lipinski definition) is 4. The summed E-state index contributed by atoms with van der Waals surface area (Å²) in [5.74, 6) is -0.439. The Hall–Kier alpha value is -1.58. The molecule has 4 nitrogen and oxygen atoms in total. The lowest BCUT2D eigenvalue weighted by molar-refractivity contribution is -0.207. The SMILES string of the molecule is CC1=C(C(=O)C2=C(C)OC(C)(C)OC2=O)CC(C(C)C)CC1. The summed E-state index contributed by atoms with van der Waals surface area (Å²) in [5, 5.41) is 0. The second kappa shape index (κ2) is 5.90. The topological polar surface area (TPSA) is 52.6 Å². The van der Waals surface area contributed by atoms with Gasteiger partial charge in [-0.25, -0.2) is 4.79 Å². The highest BCUT2D eigenvalue weighted by molar-refractivity contribution is 6.24. The Morgan fingerprint density at radius 1 is 1.23 bits per heavy atom. The van der Waals surface area contributed by atoms with Crippen LogP contribution in [0.25, 0.3) is 0 Å². The lowest BCUT2D eigenvalue weighted by Crippen LogP contribution is -2.39. The summed E-state index contributed by atoms with van der Waals surface area (Å²) in [5.41, 5.74) is 1.90. The van der Waals surface area contributed by atoms with Crippen LogP contribution >= 0.6 is 0 Å². The van der Waals surface area contributed by atoms with Gasteiger partial charge in [0.1, 0.15) is 11.3 Å². The molecule has 0 N–H and O–H groups in total. The number of ketones is 1. The summed E-state index contributed by atoms with van der Waals surface area (Å²) >= 11 is 0. The van der Waals surface area contributed by atoms with Crippen LogP contribution in [0, 0.1) is 11.8 Å². The molecule has 0 radical (unpaired) electrons. The Bertz CT molecular complexity index is 564. The Morgan fingerprint density at radius 2 is 1.86 bits per heavy atom. The smallest absolute Gasteiger partial charge is 0.348 e. The number of carbonyl (C=O) groups excluding carboxylic acids is 2. The van der Waals surface area contributed by atoms with E-state index in [4.69, 9.17) is 9.47 Å². The van der Waals surface area contributed by atoms with E-state index in [0.717, 1.165) is 30.4 Å². The van der Waals surface area contributed by atoms with E-state index in [9.17, 15) is 9.59 Å². The van der Waals surface area contributed by atoms with Crippen molar-refractivity contribution in [2.45, 2.75) is 66.6 Å². The van der Waals surface area contributed by atoms with Crippen LogP contribution in [0.15, 0.2) is 22.5 Å². The van der Waals surface area contributed by atoms with Gasteiger partial charge in [-0.2, -0.15) is 0 Å². The minimum Gasteiger partial charge on any atom is -0.456 e. The Balaban J connectivity index is 2.33. The fourth-order valence-corrected chi connectivity index (χ4v) is 3.21. The van der Waals surface area contributed by atoms with Gasteiger partial charge in [0.2, 0.25) is 5.79 Å². The molecule has 0 aromatic rings. The maximum Gasteiger partial charge on any atom is 0.348 e. The van der Waals surface area contributed by atoms with Crippen LogP contribution in [0.5, 0.6) is 0 Å². The lowest BCUT2D eigenvalue weighted by atomic mass is 9.76. The van der Waals surface area contributed by atoms with Gasteiger partial charge in [-0.1, -0.05) is 19.4 Å². The van der Waals surface area contributed by atoms with Crippen LogP contribution in [0.3, 0.4) is 0 Å². The van der Waals surface area contributed by atoms with Crippen molar-refractivity contribution in [3.05, 3.63) is 22.5 Å². The highest BCUT2D eigenvalue weighted by Gasteiger charge is 2.39. The van der Waals surface area contributed by atoms with E-state index in [2.05, 4.69) is 13.8 Å². The molecule has 0 saturated carbocycles. The van der Waals surface area contributed by atoms with Crippen molar-refractivity contribution in [3.63, 3.8) is 0 Å². The van der Waals surface area contributed by atoms with Crippen molar-refractivity contribution < 1.29 is 19.1 Å². The first-order valence-electron chi connectivity index (χ1n) is 7.99. The summed E-state index contributed by atoms with van der Waals surface area (Å²) in [6, 6.07) is 0. The first kappa shape index (κ1) is 16.8. The molecule has 0 bridgehead atoms. The van der Waals surface area contributed by atoms with Crippen molar-refractivity contribution in [1.29, 1.82) is 0 Å². The average molecular weight is 306 g/mol. The monoisotopic (exact) mass is 306 g/mol. The van der Waals surface area contributed by atoms with Gasteiger partial charge in [0.05, 0.1) is 0 Å². The highest BCUT2D eigenvalue weighted by Crippen LogP contribution is 2.37. The fourth-order valence-electron chi connectivity index (χ4n) is 3.21. The number of rotatable bonds is 3. The number of allylic oxidation sites excluding steroid dienone is 3. The highest BCUT2D eigenvalue weighted by atomic mass is 16.7. The van der Waals surface area contributed by atoms with Crippen molar-refractivity contribution in [2.24, 2.45) is 11.8 Å². The van der Waals surface area contributed by atoms with E-state index in [-0.39, 0.29) is 11.4 Å².